The van der Waals surface area contributed by atoms with E-state index < -0.39 is 0 Å². The molecule has 2 saturated heterocycles. The first kappa shape index (κ1) is 22.8. The molecule has 7 nitrogen and oxygen atoms in total. The quantitative estimate of drug-likeness (QED) is 0.346. The first-order valence-electron chi connectivity index (χ1n) is 8.70. The molecule has 2 aliphatic heterocycles. The molecule has 0 aromatic rings. The molecule has 0 radical (unpaired) electrons. The van der Waals surface area contributed by atoms with E-state index in [-0.39, 0.29) is 29.9 Å². The summed E-state index contributed by atoms with van der Waals surface area (Å²) >= 11 is 1.85. The summed E-state index contributed by atoms with van der Waals surface area (Å²) in [5.41, 5.74) is 0. The maximum Gasteiger partial charge on any atom is 0.236 e. The Bertz CT molecular complexity index is 427. The number of hydrogen-bond acceptors (Lipinski definition) is 5. The molecule has 1 N–H and O–H groups in total. The van der Waals surface area contributed by atoms with Gasteiger partial charge >= 0.3 is 0 Å². The Kier molecular flexibility index (Phi) is 11.1. The van der Waals surface area contributed by atoms with E-state index in [9.17, 15) is 4.79 Å². The molecule has 0 aliphatic carbocycles. The number of carbonyl (C=O) groups is 1. The van der Waals surface area contributed by atoms with Crippen molar-refractivity contribution in [2.45, 2.75) is 12.2 Å². The molecule has 1 amide bonds. The summed E-state index contributed by atoms with van der Waals surface area (Å²) < 4.78 is 5.30. The zero-order valence-electron chi connectivity index (χ0n) is 15.6. The number of aliphatic imine (C=N–C) groups is 1. The lowest BCUT2D eigenvalue weighted by Gasteiger charge is -2.37. The number of piperazine rings is 1. The van der Waals surface area contributed by atoms with Gasteiger partial charge in [-0.2, -0.15) is 11.8 Å². The Morgan fingerprint density at radius 3 is 2.36 bits per heavy atom. The van der Waals surface area contributed by atoms with Gasteiger partial charge in [0.15, 0.2) is 5.96 Å². The van der Waals surface area contributed by atoms with Crippen LogP contribution in [-0.2, 0) is 9.53 Å². The van der Waals surface area contributed by atoms with Gasteiger partial charge in [0, 0.05) is 58.1 Å². The minimum atomic E-state index is 0. The van der Waals surface area contributed by atoms with Gasteiger partial charge < -0.3 is 19.9 Å². The highest BCUT2D eigenvalue weighted by molar-refractivity contribution is 14.0. The van der Waals surface area contributed by atoms with Crippen molar-refractivity contribution >= 4 is 47.6 Å². The summed E-state index contributed by atoms with van der Waals surface area (Å²) in [5, 5.41) is 4.01. The number of rotatable bonds is 5. The second-order valence-corrected chi connectivity index (χ2v) is 7.51. The van der Waals surface area contributed by atoms with Gasteiger partial charge in [-0.05, 0) is 6.26 Å². The van der Waals surface area contributed by atoms with Crippen molar-refractivity contribution in [3.05, 3.63) is 0 Å². The standard InChI is InChI=1S/C16H31N5O2S.HI/c1-14(24-3)12-18-16(17-2)21-6-4-19(5-7-21)13-15(22)20-8-10-23-11-9-20;/h14H,4-13H2,1-3H3,(H,17,18);1H. The molecule has 1 unspecified atom stereocenters. The van der Waals surface area contributed by atoms with Crippen molar-refractivity contribution in [1.82, 2.24) is 20.0 Å². The van der Waals surface area contributed by atoms with Gasteiger partial charge in [0.25, 0.3) is 0 Å². The molecular formula is C16H32IN5O2S. The molecule has 0 aromatic heterocycles. The lowest BCUT2D eigenvalue weighted by atomic mass is 10.3. The van der Waals surface area contributed by atoms with E-state index in [2.05, 4.69) is 33.3 Å². The van der Waals surface area contributed by atoms with Crippen molar-refractivity contribution in [1.29, 1.82) is 0 Å². The highest BCUT2D eigenvalue weighted by Crippen LogP contribution is 2.06. The van der Waals surface area contributed by atoms with E-state index in [4.69, 9.17) is 4.74 Å². The molecule has 1 atom stereocenters. The number of thioether (sulfide) groups is 1. The largest absolute Gasteiger partial charge is 0.378 e. The number of nitrogens with one attached hydrogen (secondary N) is 1. The first-order valence-corrected chi connectivity index (χ1v) is 9.99. The average molecular weight is 485 g/mol. The van der Waals surface area contributed by atoms with Crippen LogP contribution < -0.4 is 5.32 Å². The van der Waals surface area contributed by atoms with Crippen LogP contribution in [0.15, 0.2) is 4.99 Å². The van der Waals surface area contributed by atoms with E-state index >= 15 is 0 Å². The minimum Gasteiger partial charge on any atom is -0.378 e. The van der Waals surface area contributed by atoms with Gasteiger partial charge in [0.05, 0.1) is 19.8 Å². The van der Waals surface area contributed by atoms with E-state index in [0.717, 1.165) is 51.8 Å². The summed E-state index contributed by atoms with van der Waals surface area (Å²) in [6, 6.07) is 0. The zero-order chi connectivity index (χ0) is 17.4. The molecule has 0 bridgehead atoms. The van der Waals surface area contributed by atoms with Gasteiger partial charge in [0.1, 0.15) is 0 Å². The van der Waals surface area contributed by atoms with Crippen LogP contribution in [0.3, 0.4) is 0 Å². The Morgan fingerprint density at radius 2 is 1.80 bits per heavy atom. The maximum absolute atomic E-state index is 12.3. The highest BCUT2D eigenvalue weighted by Gasteiger charge is 2.24. The van der Waals surface area contributed by atoms with Crippen molar-refractivity contribution < 1.29 is 9.53 Å². The third-order valence-corrected chi connectivity index (χ3v) is 5.53. The van der Waals surface area contributed by atoms with Crippen LogP contribution in [-0.4, -0.2) is 111 Å². The fraction of sp³-hybridized carbons (Fsp3) is 0.875. The second kappa shape index (κ2) is 12.2. The number of carbonyl (C=O) groups excluding carboxylic acids is 1. The molecule has 0 aromatic carbocycles. The summed E-state index contributed by atoms with van der Waals surface area (Å²) in [6.07, 6.45) is 2.12. The molecule has 2 aliphatic rings. The van der Waals surface area contributed by atoms with Crippen LogP contribution in [0.5, 0.6) is 0 Å². The van der Waals surface area contributed by atoms with Crippen LogP contribution in [0.4, 0.5) is 0 Å². The van der Waals surface area contributed by atoms with Crippen molar-refractivity contribution in [2.75, 3.05) is 78.9 Å². The molecule has 0 saturated carbocycles. The van der Waals surface area contributed by atoms with Gasteiger partial charge in [-0.25, -0.2) is 0 Å². The highest BCUT2D eigenvalue weighted by atomic mass is 127. The third-order valence-electron chi connectivity index (χ3n) is 4.56. The smallest absolute Gasteiger partial charge is 0.236 e. The molecule has 2 rings (SSSR count). The lowest BCUT2D eigenvalue weighted by molar-refractivity contribution is -0.136. The van der Waals surface area contributed by atoms with Crippen molar-refractivity contribution in [2.24, 2.45) is 4.99 Å². The molecule has 2 heterocycles. The molecule has 2 fully saturated rings. The maximum atomic E-state index is 12.3. The van der Waals surface area contributed by atoms with E-state index in [1.807, 2.05) is 23.7 Å². The van der Waals surface area contributed by atoms with Crippen molar-refractivity contribution in [3.8, 4) is 0 Å². The molecule has 146 valence electrons. The Balaban J connectivity index is 0.00000312. The van der Waals surface area contributed by atoms with Gasteiger partial charge in [-0.15, -0.1) is 24.0 Å². The number of morpholine rings is 1. The van der Waals surface area contributed by atoms with E-state index in [1.165, 1.54) is 0 Å². The Labute approximate surface area is 172 Å². The molecular weight excluding hydrogens is 453 g/mol. The van der Waals surface area contributed by atoms with Crippen molar-refractivity contribution in [3.63, 3.8) is 0 Å². The second-order valence-electron chi connectivity index (χ2n) is 6.23. The van der Waals surface area contributed by atoms with Crippen LogP contribution in [0.2, 0.25) is 0 Å². The van der Waals surface area contributed by atoms with Gasteiger partial charge in [0.2, 0.25) is 5.91 Å². The number of hydrogen-bond donors (Lipinski definition) is 1. The SMILES string of the molecule is CN=C(NCC(C)SC)N1CCN(CC(=O)N2CCOCC2)CC1.I. The summed E-state index contributed by atoms with van der Waals surface area (Å²) in [4.78, 5) is 23.2. The number of ether oxygens (including phenoxy) is 1. The minimum absolute atomic E-state index is 0. The van der Waals surface area contributed by atoms with Crippen LogP contribution in [0.25, 0.3) is 0 Å². The fourth-order valence-electron chi connectivity index (χ4n) is 2.87. The van der Waals surface area contributed by atoms with Crippen LogP contribution in [0, 0.1) is 0 Å². The lowest BCUT2D eigenvalue weighted by Crippen LogP contribution is -2.55. The van der Waals surface area contributed by atoms with Gasteiger partial charge in [-0.1, -0.05) is 6.92 Å². The van der Waals surface area contributed by atoms with Gasteiger partial charge in [-0.3, -0.25) is 14.7 Å². The Hall–Kier alpha value is -0.260. The Morgan fingerprint density at radius 1 is 1.16 bits per heavy atom. The fourth-order valence-corrected chi connectivity index (χ4v) is 3.12. The first-order chi connectivity index (χ1) is 11.6. The predicted octanol–water partition coefficient (Wildman–Crippen LogP) is 0.408. The summed E-state index contributed by atoms with van der Waals surface area (Å²) in [5.74, 6) is 1.19. The third kappa shape index (κ3) is 7.48. The zero-order valence-corrected chi connectivity index (χ0v) is 18.7. The van der Waals surface area contributed by atoms with Crippen LogP contribution in [0.1, 0.15) is 6.92 Å². The predicted molar refractivity (Wildman–Crippen MR) is 115 cm³/mol. The molecule has 0 spiro atoms. The number of amides is 1. The topological polar surface area (TPSA) is 60.4 Å². The van der Waals surface area contributed by atoms with E-state index in [0.29, 0.717) is 25.0 Å². The summed E-state index contributed by atoms with van der Waals surface area (Å²) in [7, 11) is 1.83. The van der Waals surface area contributed by atoms with E-state index in [1.54, 1.807) is 0 Å². The number of guanidine groups is 1. The number of halogens is 1. The van der Waals surface area contributed by atoms with Crippen LogP contribution >= 0.6 is 35.7 Å². The average Bonchev–Trinajstić information content (AvgIpc) is 2.64. The monoisotopic (exact) mass is 485 g/mol. The molecule has 9 heteroatoms. The number of nitrogens with zero attached hydrogens (tertiary/aromatic N) is 4. The summed E-state index contributed by atoms with van der Waals surface area (Å²) in [6.45, 7) is 10.0. The molecule has 25 heavy (non-hydrogen) atoms. The normalized spacial score (nSPS) is 20.8.